The minimum atomic E-state index is -0.328. The molecule has 0 amide bonds. The molecule has 0 saturated carbocycles. The van der Waals surface area contributed by atoms with Gasteiger partial charge in [0.05, 0.1) is 5.52 Å². The van der Waals surface area contributed by atoms with Crippen molar-refractivity contribution >= 4 is 28.5 Å². The maximum absolute atomic E-state index is 11.5. The van der Waals surface area contributed by atoms with E-state index in [1.54, 1.807) is 0 Å². The zero-order chi connectivity index (χ0) is 18.1. The second-order valence-electron chi connectivity index (χ2n) is 6.35. The Bertz CT molecular complexity index is 962. The van der Waals surface area contributed by atoms with E-state index in [0.717, 1.165) is 50.3 Å². The average molecular weight is 354 g/mol. The molecule has 0 unspecified atom stereocenters. The Hall–Kier alpha value is -2.39. The van der Waals surface area contributed by atoms with Gasteiger partial charge in [0.2, 0.25) is 0 Å². The van der Waals surface area contributed by atoms with Gasteiger partial charge in [0.25, 0.3) is 0 Å². The summed E-state index contributed by atoms with van der Waals surface area (Å²) in [7, 11) is 0. The SMILES string of the molecule is CC(=O)Oc1cc(C)cc2nc(C)c(Cc3ccc(Cl)cc3)c(C)c12. The molecule has 0 radical (unpaired) electrons. The first-order chi connectivity index (χ1) is 11.8. The molecule has 0 aliphatic heterocycles. The monoisotopic (exact) mass is 353 g/mol. The fraction of sp³-hybridized carbons (Fsp3) is 0.238. The predicted molar refractivity (Wildman–Crippen MR) is 102 cm³/mol. The van der Waals surface area contributed by atoms with Crippen molar-refractivity contribution in [2.45, 2.75) is 34.1 Å². The first kappa shape index (κ1) is 17.4. The van der Waals surface area contributed by atoms with Crippen molar-refractivity contribution in [1.29, 1.82) is 0 Å². The predicted octanol–water partition coefficient (Wildman–Crippen LogP) is 5.33. The van der Waals surface area contributed by atoms with Crippen LogP contribution in [0.4, 0.5) is 0 Å². The smallest absolute Gasteiger partial charge is 0.308 e. The van der Waals surface area contributed by atoms with Gasteiger partial charge in [-0.2, -0.15) is 0 Å². The van der Waals surface area contributed by atoms with Gasteiger partial charge in [-0.15, -0.1) is 0 Å². The zero-order valence-corrected chi connectivity index (χ0v) is 15.6. The summed E-state index contributed by atoms with van der Waals surface area (Å²) in [4.78, 5) is 16.3. The summed E-state index contributed by atoms with van der Waals surface area (Å²) in [5.41, 5.74) is 6.25. The third-order valence-corrected chi connectivity index (χ3v) is 4.58. The van der Waals surface area contributed by atoms with Gasteiger partial charge in [0.15, 0.2) is 0 Å². The van der Waals surface area contributed by atoms with E-state index in [4.69, 9.17) is 21.3 Å². The number of halogens is 1. The number of benzene rings is 2. The molecule has 2 aromatic carbocycles. The molecular formula is C21H20ClNO2. The Morgan fingerprint density at radius 1 is 1.12 bits per heavy atom. The van der Waals surface area contributed by atoms with Crippen molar-refractivity contribution in [2.75, 3.05) is 0 Å². The fourth-order valence-corrected chi connectivity index (χ4v) is 3.30. The third kappa shape index (κ3) is 3.67. The molecule has 0 fully saturated rings. The van der Waals surface area contributed by atoms with Gasteiger partial charge in [-0.05, 0) is 73.7 Å². The molecule has 1 aromatic heterocycles. The maximum atomic E-state index is 11.5. The van der Waals surface area contributed by atoms with Crippen molar-refractivity contribution in [3.8, 4) is 5.75 Å². The molecular weight excluding hydrogens is 334 g/mol. The fourth-order valence-electron chi connectivity index (χ4n) is 3.17. The molecule has 3 rings (SSSR count). The number of nitrogens with zero attached hydrogens (tertiary/aromatic N) is 1. The molecule has 0 atom stereocenters. The van der Waals surface area contributed by atoms with Crippen LogP contribution in [0.2, 0.25) is 5.02 Å². The molecule has 0 saturated heterocycles. The summed E-state index contributed by atoms with van der Waals surface area (Å²) in [6.07, 6.45) is 0.755. The minimum Gasteiger partial charge on any atom is -0.426 e. The topological polar surface area (TPSA) is 39.2 Å². The average Bonchev–Trinajstić information content (AvgIpc) is 2.51. The normalized spacial score (nSPS) is 10.9. The van der Waals surface area contributed by atoms with E-state index in [-0.39, 0.29) is 5.97 Å². The Kier molecular flexibility index (Phi) is 4.78. The zero-order valence-electron chi connectivity index (χ0n) is 14.8. The van der Waals surface area contributed by atoms with Crippen molar-refractivity contribution in [3.63, 3.8) is 0 Å². The highest BCUT2D eigenvalue weighted by atomic mass is 35.5. The van der Waals surface area contributed by atoms with Gasteiger partial charge < -0.3 is 4.74 Å². The standard InChI is InChI=1S/C21H20ClNO2/c1-12-9-19-21(20(10-12)25-15(4)24)13(2)18(14(3)23-19)11-16-5-7-17(22)8-6-16/h5-10H,11H2,1-4H3. The number of aromatic nitrogens is 1. The summed E-state index contributed by atoms with van der Waals surface area (Å²) >= 11 is 5.98. The first-order valence-electron chi connectivity index (χ1n) is 8.18. The highest BCUT2D eigenvalue weighted by Crippen LogP contribution is 2.33. The molecule has 0 spiro atoms. The third-order valence-electron chi connectivity index (χ3n) is 4.33. The number of hydrogen-bond donors (Lipinski definition) is 0. The highest BCUT2D eigenvalue weighted by molar-refractivity contribution is 6.30. The number of pyridine rings is 1. The molecule has 0 aliphatic rings. The van der Waals surface area contributed by atoms with Gasteiger partial charge in [-0.25, -0.2) is 0 Å². The molecule has 0 N–H and O–H groups in total. The van der Waals surface area contributed by atoms with E-state index in [2.05, 4.69) is 6.92 Å². The van der Waals surface area contributed by atoms with Crippen molar-refractivity contribution in [1.82, 2.24) is 4.98 Å². The van der Waals surface area contributed by atoms with E-state index < -0.39 is 0 Å². The van der Waals surface area contributed by atoms with E-state index in [1.807, 2.05) is 50.2 Å². The van der Waals surface area contributed by atoms with Crippen LogP contribution in [-0.2, 0) is 11.2 Å². The van der Waals surface area contributed by atoms with E-state index in [1.165, 1.54) is 6.92 Å². The molecule has 128 valence electrons. The van der Waals surface area contributed by atoms with Gasteiger partial charge in [-0.1, -0.05) is 23.7 Å². The van der Waals surface area contributed by atoms with Crippen LogP contribution in [0.15, 0.2) is 36.4 Å². The molecule has 0 bridgehead atoms. The summed E-state index contributed by atoms with van der Waals surface area (Å²) < 4.78 is 5.45. The van der Waals surface area contributed by atoms with Crippen molar-refractivity contribution in [3.05, 3.63) is 69.4 Å². The molecule has 1 heterocycles. The van der Waals surface area contributed by atoms with Crippen LogP contribution in [0.1, 0.15) is 34.9 Å². The number of hydrogen-bond acceptors (Lipinski definition) is 3. The molecule has 0 aliphatic carbocycles. The molecule has 3 nitrogen and oxygen atoms in total. The van der Waals surface area contributed by atoms with Crippen LogP contribution in [0, 0.1) is 20.8 Å². The van der Waals surface area contributed by atoms with Crippen LogP contribution in [0.3, 0.4) is 0 Å². The van der Waals surface area contributed by atoms with Crippen molar-refractivity contribution in [2.24, 2.45) is 0 Å². The highest BCUT2D eigenvalue weighted by Gasteiger charge is 2.15. The summed E-state index contributed by atoms with van der Waals surface area (Å²) in [5.74, 6) is 0.246. The van der Waals surface area contributed by atoms with Gasteiger partial charge in [0, 0.05) is 23.0 Å². The molecule has 4 heteroatoms. The Labute approximate surface area is 152 Å². The van der Waals surface area contributed by atoms with Crippen LogP contribution in [-0.4, -0.2) is 11.0 Å². The Morgan fingerprint density at radius 3 is 2.44 bits per heavy atom. The molecule has 25 heavy (non-hydrogen) atoms. The maximum Gasteiger partial charge on any atom is 0.308 e. The van der Waals surface area contributed by atoms with Crippen LogP contribution < -0.4 is 4.74 Å². The van der Waals surface area contributed by atoms with Gasteiger partial charge >= 0.3 is 5.97 Å². The minimum absolute atomic E-state index is 0.328. The summed E-state index contributed by atoms with van der Waals surface area (Å²) in [5, 5.41) is 1.62. The van der Waals surface area contributed by atoms with E-state index in [9.17, 15) is 4.79 Å². The Balaban J connectivity index is 2.17. The van der Waals surface area contributed by atoms with Gasteiger partial charge in [-0.3, -0.25) is 9.78 Å². The van der Waals surface area contributed by atoms with E-state index >= 15 is 0 Å². The van der Waals surface area contributed by atoms with Crippen LogP contribution in [0.25, 0.3) is 10.9 Å². The lowest BCUT2D eigenvalue weighted by molar-refractivity contribution is -0.131. The summed E-state index contributed by atoms with van der Waals surface area (Å²) in [6.45, 7) is 7.47. The van der Waals surface area contributed by atoms with E-state index in [0.29, 0.717) is 5.75 Å². The van der Waals surface area contributed by atoms with Crippen molar-refractivity contribution < 1.29 is 9.53 Å². The number of esters is 1. The number of fused-ring (bicyclic) bond motifs is 1. The van der Waals surface area contributed by atoms with Gasteiger partial charge in [0.1, 0.15) is 5.75 Å². The first-order valence-corrected chi connectivity index (χ1v) is 8.56. The number of aryl methyl sites for hydroxylation is 3. The summed E-state index contributed by atoms with van der Waals surface area (Å²) in [6, 6.07) is 11.7. The lowest BCUT2D eigenvalue weighted by atomic mass is 9.95. The molecule has 3 aromatic rings. The lowest BCUT2D eigenvalue weighted by Crippen LogP contribution is -2.05. The second-order valence-corrected chi connectivity index (χ2v) is 6.79. The van der Waals surface area contributed by atoms with Crippen LogP contribution >= 0.6 is 11.6 Å². The number of ether oxygens (including phenoxy) is 1. The second kappa shape index (κ2) is 6.85. The van der Waals surface area contributed by atoms with Crippen LogP contribution in [0.5, 0.6) is 5.75 Å². The number of carbonyl (C=O) groups is 1. The lowest BCUT2D eigenvalue weighted by Gasteiger charge is -2.16. The number of carbonyl (C=O) groups excluding carboxylic acids is 1. The number of rotatable bonds is 3. The Morgan fingerprint density at radius 2 is 1.80 bits per heavy atom. The quantitative estimate of drug-likeness (QED) is 0.472. The largest absolute Gasteiger partial charge is 0.426 e.